The predicted molar refractivity (Wildman–Crippen MR) is 107 cm³/mol. The lowest BCUT2D eigenvalue weighted by molar-refractivity contribution is 0.0939. The summed E-state index contributed by atoms with van der Waals surface area (Å²) in [6.45, 7) is 2.44. The van der Waals surface area contributed by atoms with E-state index in [9.17, 15) is 17.6 Å². The Morgan fingerprint density at radius 1 is 1.14 bits per heavy atom. The first-order valence-electron chi connectivity index (χ1n) is 8.75. The average Bonchev–Trinajstić information content (AvgIpc) is 3.17. The van der Waals surface area contributed by atoms with E-state index < -0.39 is 32.7 Å². The molecule has 0 bridgehead atoms. The zero-order chi connectivity index (χ0) is 20.5. The molecular formula is C19H19Cl2FN2O3S. The number of carbonyl (C=O) groups is 1. The van der Waals surface area contributed by atoms with Crippen molar-refractivity contribution >= 4 is 39.1 Å². The highest BCUT2D eigenvalue weighted by atomic mass is 35.5. The number of sulfonamides is 1. The first kappa shape index (κ1) is 21.0. The number of halogens is 3. The minimum absolute atomic E-state index is 0.0520. The Balaban J connectivity index is 1.84. The molecule has 0 radical (unpaired) electrons. The fraction of sp³-hybridized carbons (Fsp3) is 0.316. The summed E-state index contributed by atoms with van der Waals surface area (Å²) in [5, 5.41) is 3.62. The highest BCUT2D eigenvalue weighted by Crippen LogP contribution is 2.27. The third-order valence-corrected chi connectivity index (χ3v) is 7.13. The van der Waals surface area contributed by atoms with Crippen molar-refractivity contribution in [2.75, 3.05) is 13.1 Å². The van der Waals surface area contributed by atoms with Crippen LogP contribution in [0.1, 0.15) is 41.7 Å². The van der Waals surface area contributed by atoms with Crippen molar-refractivity contribution in [3.63, 3.8) is 0 Å². The van der Waals surface area contributed by atoms with E-state index in [4.69, 9.17) is 23.2 Å². The van der Waals surface area contributed by atoms with Crippen LogP contribution in [0.2, 0.25) is 10.0 Å². The number of hydrogen-bond acceptors (Lipinski definition) is 3. The van der Waals surface area contributed by atoms with Crippen LogP contribution in [0.3, 0.4) is 0 Å². The summed E-state index contributed by atoms with van der Waals surface area (Å²) in [5.74, 6) is -1.41. The number of carbonyl (C=O) groups excluding carboxylic acids is 1. The van der Waals surface area contributed by atoms with Crippen LogP contribution in [0.4, 0.5) is 4.39 Å². The van der Waals surface area contributed by atoms with Crippen LogP contribution < -0.4 is 5.32 Å². The monoisotopic (exact) mass is 444 g/mol. The van der Waals surface area contributed by atoms with Gasteiger partial charge in [0.1, 0.15) is 10.7 Å². The molecule has 1 aliphatic heterocycles. The second-order valence-electron chi connectivity index (χ2n) is 6.62. The van der Waals surface area contributed by atoms with Crippen molar-refractivity contribution in [1.29, 1.82) is 0 Å². The van der Waals surface area contributed by atoms with Gasteiger partial charge >= 0.3 is 0 Å². The largest absolute Gasteiger partial charge is 0.345 e. The molecule has 1 heterocycles. The summed E-state index contributed by atoms with van der Waals surface area (Å²) in [6.07, 6.45) is 1.47. The second kappa shape index (κ2) is 8.37. The van der Waals surface area contributed by atoms with E-state index in [0.29, 0.717) is 28.7 Å². The molecule has 3 rings (SSSR count). The summed E-state index contributed by atoms with van der Waals surface area (Å²) in [5.41, 5.74) is 0.711. The van der Waals surface area contributed by atoms with Gasteiger partial charge in [0.25, 0.3) is 5.91 Å². The van der Waals surface area contributed by atoms with Crippen molar-refractivity contribution in [2.45, 2.75) is 30.7 Å². The van der Waals surface area contributed by atoms with Crippen LogP contribution in [0, 0.1) is 5.82 Å². The van der Waals surface area contributed by atoms with Gasteiger partial charge in [-0.05, 0) is 55.7 Å². The summed E-state index contributed by atoms with van der Waals surface area (Å²) in [4.78, 5) is 12.1. The Labute approximate surface area is 173 Å². The van der Waals surface area contributed by atoms with Crippen molar-refractivity contribution in [3.05, 3.63) is 63.4 Å². The minimum atomic E-state index is -3.97. The van der Waals surface area contributed by atoms with Gasteiger partial charge in [0, 0.05) is 28.7 Å². The molecule has 1 fully saturated rings. The summed E-state index contributed by atoms with van der Waals surface area (Å²) < 4.78 is 40.8. The van der Waals surface area contributed by atoms with E-state index >= 15 is 0 Å². The number of rotatable bonds is 5. The van der Waals surface area contributed by atoms with E-state index in [2.05, 4.69) is 5.32 Å². The van der Waals surface area contributed by atoms with Crippen LogP contribution in [0.15, 0.2) is 41.3 Å². The smallest absolute Gasteiger partial charge is 0.251 e. The van der Waals surface area contributed by atoms with Gasteiger partial charge < -0.3 is 5.32 Å². The van der Waals surface area contributed by atoms with Crippen LogP contribution in [-0.2, 0) is 10.0 Å². The van der Waals surface area contributed by atoms with Gasteiger partial charge in [0.2, 0.25) is 10.0 Å². The maximum Gasteiger partial charge on any atom is 0.251 e. The van der Waals surface area contributed by atoms with E-state index in [1.54, 1.807) is 25.1 Å². The minimum Gasteiger partial charge on any atom is -0.345 e. The SMILES string of the molecule is C[C@H](NC(=O)c1ccc(F)c(S(=O)(=O)N2CCCC2)c1)c1ccc(Cl)cc1Cl. The Bertz CT molecular complexity index is 1010. The molecule has 0 aliphatic carbocycles. The number of amides is 1. The molecule has 2 aromatic carbocycles. The molecule has 5 nitrogen and oxygen atoms in total. The van der Waals surface area contributed by atoms with Gasteiger partial charge in [-0.25, -0.2) is 12.8 Å². The van der Waals surface area contributed by atoms with Gasteiger partial charge in [0.05, 0.1) is 6.04 Å². The molecular weight excluding hydrogens is 426 g/mol. The van der Waals surface area contributed by atoms with Gasteiger partial charge in [-0.3, -0.25) is 4.79 Å². The molecule has 9 heteroatoms. The quantitative estimate of drug-likeness (QED) is 0.742. The highest BCUT2D eigenvalue weighted by molar-refractivity contribution is 7.89. The molecule has 0 saturated carbocycles. The Kier molecular flexibility index (Phi) is 6.29. The van der Waals surface area contributed by atoms with Crippen molar-refractivity contribution < 1.29 is 17.6 Å². The van der Waals surface area contributed by atoms with Crippen molar-refractivity contribution in [2.24, 2.45) is 0 Å². The number of nitrogens with one attached hydrogen (secondary N) is 1. The first-order valence-corrected chi connectivity index (χ1v) is 11.0. The van der Waals surface area contributed by atoms with Gasteiger partial charge in [-0.1, -0.05) is 29.3 Å². The fourth-order valence-corrected chi connectivity index (χ4v) is 5.30. The Morgan fingerprint density at radius 3 is 2.46 bits per heavy atom. The molecule has 0 spiro atoms. The number of benzene rings is 2. The average molecular weight is 445 g/mol. The van der Waals surface area contributed by atoms with Crippen molar-refractivity contribution in [1.82, 2.24) is 9.62 Å². The van der Waals surface area contributed by atoms with Crippen LogP contribution in [-0.4, -0.2) is 31.7 Å². The first-order chi connectivity index (χ1) is 13.2. The van der Waals surface area contributed by atoms with Crippen molar-refractivity contribution in [3.8, 4) is 0 Å². The van der Waals surface area contributed by atoms with Crippen LogP contribution in [0.25, 0.3) is 0 Å². The lowest BCUT2D eigenvalue weighted by Gasteiger charge is -2.18. The van der Waals surface area contributed by atoms with Gasteiger partial charge in [0.15, 0.2) is 0 Å². The third-order valence-electron chi connectivity index (χ3n) is 4.65. The second-order valence-corrected chi connectivity index (χ2v) is 9.37. The lowest BCUT2D eigenvalue weighted by Crippen LogP contribution is -2.30. The maximum atomic E-state index is 14.2. The van der Waals surface area contributed by atoms with E-state index in [-0.39, 0.29) is 5.56 Å². The van der Waals surface area contributed by atoms with E-state index in [1.165, 1.54) is 10.4 Å². The molecule has 2 aromatic rings. The lowest BCUT2D eigenvalue weighted by atomic mass is 10.1. The molecule has 150 valence electrons. The highest BCUT2D eigenvalue weighted by Gasteiger charge is 2.30. The predicted octanol–water partition coefficient (Wildman–Crippen LogP) is 4.41. The Hall–Kier alpha value is -1.67. The van der Waals surface area contributed by atoms with E-state index in [1.807, 2.05) is 0 Å². The van der Waals surface area contributed by atoms with E-state index in [0.717, 1.165) is 25.0 Å². The zero-order valence-electron chi connectivity index (χ0n) is 15.1. The normalized spacial score (nSPS) is 16.1. The number of hydrogen-bond donors (Lipinski definition) is 1. The third kappa shape index (κ3) is 4.33. The molecule has 28 heavy (non-hydrogen) atoms. The van der Waals surface area contributed by atoms with Crippen LogP contribution >= 0.6 is 23.2 Å². The Morgan fingerprint density at radius 2 is 1.82 bits per heavy atom. The fourth-order valence-electron chi connectivity index (χ4n) is 3.12. The molecule has 1 saturated heterocycles. The van der Waals surface area contributed by atoms with Crippen LogP contribution in [0.5, 0.6) is 0 Å². The topological polar surface area (TPSA) is 66.5 Å². The summed E-state index contributed by atoms with van der Waals surface area (Å²) in [6, 6.07) is 7.80. The molecule has 0 aromatic heterocycles. The standard InChI is InChI=1S/C19H19Cl2FN2O3S/c1-12(15-6-5-14(20)11-16(15)21)23-19(25)13-4-7-17(22)18(10-13)28(26,27)24-8-2-3-9-24/h4-7,10-12H,2-3,8-9H2,1H3,(H,23,25)/t12-/m0/s1. The molecule has 1 amide bonds. The molecule has 1 N–H and O–H groups in total. The summed E-state index contributed by atoms with van der Waals surface area (Å²) in [7, 11) is -3.97. The molecule has 1 aliphatic rings. The summed E-state index contributed by atoms with van der Waals surface area (Å²) >= 11 is 12.0. The zero-order valence-corrected chi connectivity index (χ0v) is 17.4. The van der Waals surface area contributed by atoms with Gasteiger partial charge in [-0.2, -0.15) is 4.31 Å². The van der Waals surface area contributed by atoms with Gasteiger partial charge in [-0.15, -0.1) is 0 Å². The maximum absolute atomic E-state index is 14.2. The number of nitrogens with zero attached hydrogens (tertiary/aromatic N) is 1. The molecule has 0 unspecified atom stereocenters. The molecule has 1 atom stereocenters.